The molecular formula is C46H88O9. The summed E-state index contributed by atoms with van der Waals surface area (Å²) >= 11 is 0. The van der Waals surface area contributed by atoms with Gasteiger partial charge in [0.1, 0.15) is 30.5 Å². The second kappa shape index (κ2) is 38.4. The quantitative estimate of drug-likeness (QED) is 0.0272. The van der Waals surface area contributed by atoms with Crippen LogP contribution in [0.25, 0.3) is 0 Å². The minimum atomic E-state index is -1.53. The van der Waals surface area contributed by atoms with Crippen LogP contribution in [0.4, 0.5) is 0 Å². The maximum absolute atomic E-state index is 12.8. The molecule has 4 N–H and O–H groups in total. The van der Waals surface area contributed by atoms with E-state index in [1.165, 1.54) is 154 Å². The lowest BCUT2D eigenvalue weighted by atomic mass is 9.99. The zero-order valence-corrected chi connectivity index (χ0v) is 35.7. The van der Waals surface area contributed by atoms with Gasteiger partial charge in [-0.1, -0.05) is 187 Å². The van der Waals surface area contributed by atoms with Gasteiger partial charge in [-0.2, -0.15) is 0 Å². The number of carbonyl (C=O) groups is 1. The summed E-state index contributed by atoms with van der Waals surface area (Å²) in [5.74, 6) is -0.311. The summed E-state index contributed by atoms with van der Waals surface area (Å²) in [4.78, 5) is 12.8. The van der Waals surface area contributed by atoms with Gasteiger partial charge in [0.05, 0.1) is 19.8 Å². The fourth-order valence-electron chi connectivity index (χ4n) is 7.24. The smallest absolute Gasteiger partial charge is 0.306 e. The normalized spacial score (nSPS) is 20.7. The molecule has 0 aromatic carbocycles. The highest BCUT2D eigenvalue weighted by molar-refractivity contribution is 5.69. The van der Waals surface area contributed by atoms with Crippen LogP contribution in [0.5, 0.6) is 0 Å². The highest BCUT2D eigenvalue weighted by Crippen LogP contribution is 2.23. The molecule has 1 heterocycles. The van der Waals surface area contributed by atoms with Gasteiger partial charge in [-0.15, -0.1) is 0 Å². The van der Waals surface area contributed by atoms with Crippen LogP contribution in [-0.4, -0.2) is 89.6 Å². The molecule has 1 fully saturated rings. The summed E-state index contributed by atoms with van der Waals surface area (Å²) in [6.07, 6.45) is 35.3. The van der Waals surface area contributed by atoms with Gasteiger partial charge >= 0.3 is 5.97 Å². The third-order valence-corrected chi connectivity index (χ3v) is 10.9. The van der Waals surface area contributed by atoms with Crippen molar-refractivity contribution in [3.05, 3.63) is 12.2 Å². The molecule has 1 saturated heterocycles. The first-order chi connectivity index (χ1) is 26.9. The van der Waals surface area contributed by atoms with Gasteiger partial charge in [0.2, 0.25) is 0 Å². The zero-order valence-electron chi connectivity index (χ0n) is 35.7. The molecule has 0 aliphatic carbocycles. The van der Waals surface area contributed by atoms with Gasteiger partial charge in [-0.3, -0.25) is 4.79 Å². The van der Waals surface area contributed by atoms with E-state index in [2.05, 4.69) is 26.0 Å². The van der Waals surface area contributed by atoms with Crippen molar-refractivity contribution in [3.63, 3.8) is 0 Å². The van der Waals surface area contributed by atoms with Crippen molar-refractivity contribution in [1.29, 1.82) is 0 Å². The third kappa shape index (κ3) is 29.8. The molecule has 6 atom stereocenters. The van der Waals surface area contributed by atoms with Crippen LogP contribution >= 0.6 is 0 Å². The molecule has 0 amide bonds. The molecule has 0 saturated carbocycles. The summed E-state index contributed by atoms with van der Waals surface area (Å²) < 4.78 is 22.8. The Hall–Kier alpha value is -1.07. The first-order valence-corrected chi connectivity index (χ1v) is 23.3. The number of allylic oxidation sites excluding steroid dienone is 2. The fraction of sp³-hybridized carbons (Fsp3) is 0.935. The number of ether oxygens (including phenoxy) is 4. The van der Waals surface area contributed by atoms with Crippen LogP contribution in [0, 0.1) is 0 Å². The van der Waals surface area contributed by atoms with Gasteiger partial charge < -0.3 is 39.4 Å². The van der Waals surface area contributed by atoms with Gasteiger partial charge in [0.15, 0.2) is 6.29 Å². The summed E-state index contributed by atoms with van der Waals surface area (Å²) in [5.41, 5.74) is 0. The van der Waals surface area contributed by atoms with E-state index in [0.29, 0.717) is 13.0 Å². The Kier molecular flexibility index (Phi) is 36.3. The number of esters is 1. The second-order valence-electron chi connectivity index (χ2n) is 16.2. The molecule has 1 aliphatic rings. The number of hydrogen-bond acceptors (Lipinski definition) is 9. The van der Waals surface area contributed by atoms with E-state index in [1.54, 1.807) is 0 Å². The number of hydrogen-bond donors (Lipinski definition) is 4. The molecule has 9 nitrogen and oxygen atoms in total. The number of aliphatic hydroxyl groups excluding tert-OH is 4. The Labute approximate surface area is 337 Å². The molecule has 1 aliphatic heterocycles. The molecule has 0 radical (unpaired) electrons. The molecule has 0 aromatic rings. The Balaban J connectivity index is 2.21. The zero-order chi connectivity index (χ0) is 40.0. The van der Waals surface area contributed by atoms with Gasteiger partial charge in [0.25, 0.3) is 0 Å². The lowest BCUT2D eigenvalue weighted by molar-refractivity contribution is -0.305. The van der Waals surface area contributed by atoms with E-state index >= 15 is 0 Å². The average Bonchev–Trinajstić information content (AvgIpc) is 3.18. The Morgan fingerprint density at radius 2 is 1.02 bits per heavy atom. The lowest BCUT2D eigenvalue weighted by Crippen LogP contribution is -2.59. The van der Waals surface area contributed by atoms with E-state index < -0.39 is 43.4 Å². The maximum Gasteiger partial charge on any atom is 0.306 e. The standard InChI is InChI=1S/C46H88O9/c1-3-5-7-9-11-13-15-17-18-19-20-21-22-23-24-25-27-29-31-33-35-42(48)54-40(39-53-46-45(51)44(50)43(49)41(37-47)55-46)38-52-36-34-32-30-28-26-16-14-12-10-8-6-4-2/h10,12,40-41,43-47,49-51H,3-9,11,13-39H2,1-2H3/b12-10-. The fourth-order valence-corrected chi connectivity index (χ4v) is 7.24. The minimum absolute atomic E-state index is 0.111. The number of unbranched alkanes of at least 4 members (excludes halogenated alkanes) is 27. The van der Waals surface area contributed by atoms with Crippen molar-refractivity contribution in [2.24, 2.45) is 0 Å². The molecule has 6 unspecified atom stereocenters. The van der Waals surface area contributed by atoms with Crippen molar-refractivity contribution in [1.82, 2.24) is 0 Å². The van der Waals surface area contributed by atoms with Gasteiger partial charge in [0, 0.05) is 13.0 Å². The number of rotatable bonds is 40. The molecule has 0 spiro atoms. The van der Waals surface area contributed by atoms with Crippen LogP contribution in [0.1, 0.15) is 213 Å². The van der Waals surface area contributed by atoms with Crippen LogP contribution in [0.2, 0.25) is 0 Å². The molecule has 55 heavy (non-hydrogen) atoms. The predicted octanol–water partition coefficient (Wildman–Crippen LogP) is 10.4. The summed E-state index contributed by atoms with van der Waals surface area (Å²) in [6, 6.07) is 0. The Bertz CT molecular complexity index is 853. The molecule has 9 heteroatoms. The minimum Gasteiger partial charge on any atom is -0.457 e. The van der Waals surface area contributed by atoms with Gasteiger partial charge in [-0.25, -0.2) is 0 Å². The van der Waals surface area contributed by atoms with Crippen LogP contribution < -0.4 is 0 Å². The van der Waals surface area contributed by atoms with Crippen molar-refractivity contribution in [3.8, 4) is 0 Å². The van der Waals surface area contributed by atoms with E-state index in [1.807, 2.05) is 0 Å². The van der Waals surface area contributed by atoms with E-state index in [9.17, 15) is 25.2 Å². The number of carbonyl (C=O) groups excluding carboxylic acids is 1. The van der Waals surface area contributed by atoms with Crippen LogP contribution in [-0.2, 0) is 23.7 Å². The summed E-state index contributed by atoms with van der Waals surface area (Å²) in [5, 5.41) is 40.1. The largest absolute Gasteiger partial charge is 0.457 e. The molecular weight excluding hydrogens is 696 g/mol. The second-order valence-corrected chi connectivity index (χ2v) is 16.2. The highest BCUT2D eigenvalue weighted by Gasteiger charge is 2.44. The highest BCUT2D eigenvalue weighted by atomic mass is 16.7. The SMILES string of the molecule is CCCC/C=C\CCCCCCCCOCC(COC1OC(CO)C(O)C(O)C1O)OC(=O)CCCCCCCCCCCCCCCCCCCCCC. The first-order valence-electron chi connectivity index (χ1n) is 23.3. The topological polar surface area (TPSA) is 135 Å². The Morgan fingerprint density at radius 3 is 1.53 bits per heavy atom. The van der Waals surface area contributed by atoms with Crippen molar-refractivity contribution < 1.29 is 44.2 Å². The third-order valence-electron chi connectivity index (χ3n) is 10.9. The summed E-state index contributed by atoms with van der Waals surface area (Å²) in [7, 11) is 0. The maximum atomic E-state index is 12.8. The average molecular weight is 785 g/mol. The van der Waals surface area contributed by atoms with E-state index in [0.717, 1.165) is 38.5 Å². The van der Waals surface area contributed by atoms with Crippen LogP contribution in [0.15, 0.2) is 12.2 Å². The Morgan fingerprint density at radius 1 is 0.564 bits per heavy atom. The molecule has 0 bridgehead atoms. The molecule has 1 rings (SSSR count). The first kappa shape index (κ1) is 51.9. The van der Waals surface area contributed by atoms with E-state index in [4.69, 9.17) is 18.9 Å². The van der Waals surface area contributed by atoms with Crippen molar-refractivity contribution in [2.45, 2.75) is 250 Å². The summed E-state index contributed by atoms with van der Waals surface area (Å²) in [6.45, 7) is 4.54. The van der Waals surface area contributed by atoms with Crippen molar-refractivity contribution >= 4 is 5.97 Å². The van der Waals surface area contributed by atoms with E-state index in [-0.39, 0.29) is 19.2 Å². The van der Waals surface area contributed by atoms with Crippen molar-refractivity contribution in [2.75, 3.05) is 26.4 Å². The van der Waals surface area contributed by atoms with Gasteiger partial charge in [-0.05, 0) is 32.1 Å². The molecule has 0 aromatic heterocycles. The number of aliphatic hydroxyl groups is 4. The van der Waals surface area contributed by atoms with Crippen LogP contribution in [0.3, 0.4) is 0 Å². The lowest BCUT2D eigenvalue weighted by Gasteiger charge is -2.39. The predicted molar refractivity (Wildman–Crippen MR) is 224 cm³/mol. The monoisotopic (exact) mass is 785 g/mol. The molecule has 326 valence electrons.